The lowest BCUT2D eigenvalue weighted by molar-refractivity contribution is 0.146. The second kappa shape index (κ2) is 10.1. The third kappa shape index (κ3) is 5.40. The van der Waals surface area contributed by atoms with Gasteiger partial charge >= 0.3 is 0 Å². The van der Waals surface area contributed by atoms with Crippen molar-refractivity contribution in [3.05, 3.63) is 66.1 Å². The first-order chi connectivity index (χ1) is 14.6. The lowest BCUT2D eigenvalue weighted by Gasteiger charge is -2.12. The second-order valence-corrected chi connectivity index (χ2v) is 6.48. The van der Waals surface area contributed by atoms with Crippen molar-refractivity contribution in [3.63, 3.8) is 0 Å². The number of pyridine rings is 1. The van der Waals surface area contributed by atoms with Crippen LogP contribution in [-0.2, 0) is 4.74 Å². The van der Waals surface area contributed by atoms with E-state index in [0.717, 1.165) is 11.1 Å². The molecule has 1 aromatic heterocycles. The molecule has 3 rings (SSSR count). The van der Waals surface area contributed by atoms with Crippen molar-refractivity contribution in [2.75, 3.05) is 32.2 Å². The van der Waals surface area contributed by atoms with Crippen molar-refractivity contribution in [3.8, 4) is 23.3 Å². The largest absolute Gasteiger partial charge is 0.513 e. The summed E-state index contributed by atoms with van der Waals surface area (Å²) in [5.41, 5.74) is 1.98. The van der Waals surface area contributed by atoms with Crippen LogP contribution in [0.25, 0.3) is 10.9 Å². The summed E-state index contributed by atoms with van der Waals surface area (Å²) in [6.45, 7) is 2.94. The monoisotopic (exact) mass is 405 g/mol. The average molecular weight is 405 g/mol. The Hall–Kier alpha value is -3.76. The van der Waals surface area contributed by atoms with Crippen LogP contribution >= 0.6 is 0 Å². The highest BCUT2D eigenvalue weighted by Crippen LogP contribution is 2.33. The highest BCUT2D eigenvalue weighted by atomic mass is 16.5. The third-order valence-electron chi connectivity index (χ3n) is 4.25. The number of methoxy groups -OCH3 is 1. The summed E-state index contributed by atoms with van der Waals surface area (Å²) in [5.74, 6) is 1.99. The minimum absolute atomic E-state index is 0.274. The Bertz CT molecular complexity index is 1070. The average Bonchev–Trinajstić information content (AvgIpc) is 2.74. The number of nitrogens with zero attached hydrogens (tertiary/aromatic N) is 2. The Labute approximate surface area is 175 Å². The van der Waals surface area contributed by atoms with Gasteiger partial charge in [-0.3, -0.25) is 4.98 Å². The first-order valence-corrected chi connectivity index (χ1v) is 9.43. The second-order valence-electron chi connectivity index (χ2n) is 6.48. The predicted octanol–water partition coefficient (Wildman–Crippen LogP) is 4.80. The lowest BCUT2D eigenvalue weighted by Crippen LogP contribution is -2.05. The highest BCUT2D eigenvalue weighted by Gasteiger charge is 2.11. The van der Waals surface area contributed by atoms with Gasteiger partial charge in [-0.1, -0.05) is 0 Å². The van der Waals surface area contributed by atoms with Crippen molar-refractivity contribution < 1.29 is 19.3 Å². The number of ether oxygens (including phenoxy) is 3. The van der Waals surface area contributed by atoms with Crippen LogP contribution in [-0.4, -0.2) is 37.0 Å². The molecule has 0 spiro atoms. The first kappa shape index (κ1) is 21.0. The molecule has 7 nitrogen and oxygen atoms in total. The van der Waals surface area contributed by atoms with E-state index in [1.54, 1.807) is 44.5 Å². The normalized spacial score (nSPS) is 11.2. The number of hydrogen-bond acceptors (Lipinski definition) is 7. The molecule has 0 aliphatic rings. The van der Waals surface area contributed by atoms with Gasteiger partial charge in [-0.2, -0.15) is 5.26 Å². The molecule has 0 fully saturated rings. The Morgan fingerprint density at radius 3 is 2.67 bits per heavy atom. The molecule has 0 bridgehead atoms. The zero-order chi connectivity index (χ0) is 21.3. The minimum atomic E-state index is 0.274. The maximum absolute atomic E-state index is 9.50. The van der Waals surface area contributed by atoms with E-state index in [1.807, 2.05) is 24.3 Å². The van der Waals surface area contributed by atoms with Crippen LogP contribution in [0.15, 0.2) is 60.5 Å². The molecule has 0 aliphatic carbocycles. The summed E-state index contributed by atoms with van der Waals surface area (Å²) in [4.78, 5) is 4.37. The number of benzene rings is 2. The number of aliphatic hydroxyl groups excluding tert-OH is 1. The fourth-order valence-corrected chi connectivity index (χ4v) is 2.76. The van der Waals surface area contributed by atoms with Crippen molar-refractivity contribution in [1.82, 2.24) is 4.98 Å². The van der Waals surface area contributed by atoms with E-state index in [4.69, 9.17) is 14.2 Å². The number of anilines is 1. The maximum atomic E-state index is 9.50. The van der Waals surface area contributed by atoms with E-state index in [-0.39, 0.29) is 5.76 Å². The number of aliphatic hydroxyl groups is 1. The summed E-state index contributed by atoms with van der Waals surface area (Å²) in [6.07, 6.45) is 3.34. The molecule has 7 heteroatoms. The molecule has 3 aromatic rings. The van der Waals surface area contributed by atoms with Gasteiger partial charge in [-0.05, 0) is 49.4 Å². The van der Waals surface area contributed by atoms with Crippen molar-refractivity contribution in [1.29, 1.82) is 5.26 Å². The van der Waals surface area contributed by atoms with Crippen LogP contribution in [0.3, 0.4) is 0 Å². The molecule has 0 saturated carbocycles. The smallest absolute Gasteiger partial charge is 0.139 e. The van der Waals surface area contributed by atoms with Gasteiger partial charge in [-0.25, -0.2) is 0 Å². The number of aromatic nitrogens is 1. The maximum Gasteiger partial charge on any atom is 0.139 e. The highest BCUT2D eigenvalue weighted by molar-refractivity contribution is 5.88. The number of nitriles is 1. The van der Waals surface area contributed by atoms with Crippen LogP contribution < -0.4 is 14.8 Å². The van der Waals surface area contributed by atoms with Gasteiger partial charge in [0.25, 0.3) is 0 Å². The van der Waals surface area contributed by atoms with Gasteiger partial charge < -0.3 is 24.6 Å². The van der Waals surface area contributed by atoms with Gasteiger partial charge in [0.15, 0.2) is 0 Å². The zero-order valence-electron chi connectivity index (χ0n) is 16.9. The Morgan fingerprint density at radius 1 is 1.17 bits per heavy atom. The number of fused-ring (bicyclic) bond motifs is 1. The molecule has 0 atom stereocenters. The van der Waals surface area contributed by atoms with Crippen molar-refractivity contribution >= 4 is 16.6 Å². The third-order valence-corrected chi connectivity index (χ3v) is 4.25. The fraction of sp³-hybridized carbons (Fsp3) is 0.217. The van der Waals surface area contributed by atoms with Crippen molar-refractivity contribution in [2.24, 2.45) is 0 Å². The van der Waals surface area contributed by atoms with Crippen LogP contribution in [0.1, 0.15) is 12.5 Å². The SMILES string of the molecule is COCCOc1cc2nccc(Oc3ccc(NC/C=C(/C)O)cc3)c2cc1C#N. The molecule has 2 N–H and O–H groups in total. The molecular formula is C23H23N3O4. The van der Waals surface area contributed by atoms with E-state index >= 15 is 0 Å². The predicted molar refractivity (Wildman–Crippen MR) is 115 cm³/mol. The molecule has 0 amide bonds. The summed E-state index contributed by atoms with van der Waals surface area (Å²) in [7, 11) is 1.59. The molecular weight excluding hydrogens is 382 g/mol. The topological polar surface area (TPSA) is 96.6 Å². The Kier molecular flexibility index (Phi) is 7.09. The summed E-state index contributed by atoms with van der Waals surface area (Å²) < 4.78 is 16.7. The number of hydrogen-bond donors (Lipinski definition) is 2. The zero-order valence-corrected chi connectivity index (χ0v) is 16.9. The number of nitrogens with one attached hydrogen (secondary N) is 1. The van der Waals surface area contributed by atoms with E-state index in [0.29, 0.717) is 48.1 Å². The number of allylic oxidation sites excluding steroid dienone is 1. The molecule has 154 valence electrons. The fourth-order valence-electron chi connectivity index (χ4n) is 2.76. The molecule has 2 aromatic carbocycles. The van der Waals surface area contributed by atoms with Crippen LogP contribution in [0, 0.1) is 11.3 Å². The van der Waals surface area contributed by atoms with E-state index in [9.17, 15) is 10.4 Å². The quantitative estimate of drug-likeness (QED) is 0.390. The molecule has 0 radical (unpaired) electrons. The van der Waals surface area contributed by atoms with E-state index in [2.05, 4.69) is 16.4 Å². The summed E-state index contributed by atoms with van der Waals surface area (Å²) in [5, 5.41) is 22.6. The van der Waals surface area contributed by atoms with Gasteiger partial charge in [0, 0.05) is 37.0 Å². The molecule has 0 unspecified atom stereocenters. The standard InChI is InChI=1S/C23H23N3O4/c1-16(27)7-9-25-18-3-5-19(6-4-18)30-22-8-10-26-21-14-23(29-12-11-28-2)17(15-24)13-20(21)22/h3-8,10,13-14,25,27H,9,11-12H2,1-2H3/b16-7-. The molecule has 30 heavy (non-hydrogen) atoms. The van der Waals surface area contributed by atoms with Gasteiger partial charge in [0.2, 0.25) is 0 Å². The van der Waals surface area contributed by atoms with E-state index < -0.39 is 0 Å². The Morgan fingerprint density at radius 2 is 1.97 bits per heavy atom. The van der Waals surface area contributed by atoms with Gasteiger partial charge in [0.05, 0.1) is 23.4 Å². The molecule has 1 heterocycles. The lowest BCUT2D eigenvalue weighted by atomic mass is 10.1. The van der Waals surface area contributed by atoms with Gasteiger partial charge in [-0.15, -0.1) is 0 Å². The van der Waals surface area contributed by atoms with Crippen LogP contribution in [0.5, 0.6) is 17.2 Å². The minimum Gasteiger partial charge on any atom is -0.513 e. The number of rotatable bonds is 9. The van der Waals surface area contributed by atoms with Gasteiger partial charge in [0.1, 0.15) is 29.9 Å². The van der Waals surface area contributed by atoms with Crippen molar-refractivity contribution in [2.45, 2.75) is 6.92 Å². The molecule has 0 aliphatic heterocycles. The van der Waals surface area contributed by atoms with E-state index in [1.165, 1.54) is 0 Å². The first-order valence-electron chi connectivity index (χ1n) is 9.43. The summed E-state index contributed by atoms with van der Waals surface area (Å²) in [6, 6.07) is 14.8. The van der Waals surface area contributed by atoms with Crippen LogP contribution in [0.2, 0.25) is 0 Å². The molecule has 0 saturated heterocycles. The Balaban J connectivity index is 1.80. The van der Waals surface area contributed by atoms with Crippen LogP contribution in [0.4, 0.5) is 5.69 Å². The summed E-state index contributed by atoms with van der Waals surface area (Å²) >= 11 is 0.